The van der Waals surface area contributed by atoms with E-state index in [2.05, 4.69) is 10.3 Å². The highest BCUT2D eigenvalue weighted by Crippen LogP contribution is 2.28. The summed E-state index contributed by atoms with van der Waals surface area (Å²) in [5.74, 6) is 0.227. The van der Waals surface area contributed by atoms with E-state index >= 15 is 0 Å². The molecule has 1 fully saturated rings. The number of nitrogens with two attached hydrogens (primary N) is 1. The van der Waals surface area contributed by atoms with Crippen LogP contribution < -0.4 is 16.7 Å². The van der Waals surface area contributed by atoms with Gasteiger partial charge in [-0.05, 0) is 81.0 Å². The first-order chi connectivity index (χ1) is 16.9. The lowest BCUT2D eigenvalue weighted by Crippen LogP contribution is -2.39. The van der Waals surface area contributed by atoms with E-state index in [4.69, 9.17) is 17.3 Å². The van der Waals surface area contributed by atoms with Gasteiger partial charge in [-0.3, -0.25) is 18.9 Å². The summed E-state index contributed by atoms with van der Waals surface area (Å²) < 4.78 is 3.64. The summed E-state index contributed by atoms with van der Waals surface area (Å²) in [6, 6.07) is 17.0. The van der Waals surface area contributed by atoms with Crippen molar-refractivity contribution in [2.45, 2.75) is 45.2 Å². The molecule has 2 aromatic heterocycles. The molecule has 0 aliphatic heterocycles. The first-order valence-electron chi connectivity index (χ1n) is 11.9. The molecule has 0 bridgehead atoms. The smallest absolute Gasteiger partial charge is 0.333 e. The normalized spacial score (nSPS) is 18.0. The third-order valence-corrected chi connectivity index (χ3v) is 7.11. The number of nitrogens with one attached hydrogen (secondary N) is 1. The van der Waals surface area contributed by atoms with Crippen molar-refractivity contribution in [3.8, 4) is 5.69 Å². The fourth-order valence-electron chi connectivity index (χ4n) is 5.01. The molecule has 0 unspecified atom stereocenters. The molecule has 5 rings (SSSR count). The number of hydrogen-bond donors (Lipinski definition) is 2. The second kappa shape index (κ2) is 9.58. The van der Waals surface area contributed by atoms with Gasteiger partial charge in [-0.2, -0.15) is 0 Å². The van der Waals surface area contributed by atoms with Crippen molar-refractivity contribution in [2.24, 2.45) is 5.92 Å². The highest BCUT2D eigenvalue weighted by atomic mass is 35.5. The lowest BCUT2D eigenvalue weighted by Gasteiger charge is -2.29. The summed E-state index contributed by atoms with van der Waals surface area (Å²) >= 11 is 6.02. The van der Waals surface area contributed by atoms with Crippen molar-refractivity contribution in [1.82, 2.24) is 19.4 Å². The quantitative estimate of drug-likeness (QED) is 0.396. The van der Waals surface area contributed by atoms with E-state index < -0.39 is 0 Å². The van der Waals surface area contributed by atoms with Crippen LogP contribution in [0.4, 0.5) is 5.69 Å². The van der Waals surface area contributed by atoms with Gasteiger partial charge >= 0.3 is 5.69 Å². The van der Waals surface area contributed by atoms with Gasteiger partial charge in [0.2, 0.25) is 0 Å². The van der Waals surface area contributed by atoms with Crippen LogP contribution >= 0.6 is 11.6 Å². The molecule has 1 aliphatic carbocycles. The summed E-state index contributed by atoms with van der Waals surface area (Å²) in [5, 5.41) is 3.59. The van der Waals surface area contributed by atoms with Crippen LogP contribution in [0.1, 0.15) is 41.7 Å². The van der Waals surface area contributed by atoms with Crippen LogP contribution in [0.2, 0.25) is 5.02 Å². The number of para-hydroxylation sites is 2. The number of amides is 1. The van der Waals surface area contributed by atoms with Crippen molar-refractivity contribution < 1.29 is 4.79 Å². The molecule has 8 heteroatoms. The number of aryl methyl sites for hydroxylation is 1. The predicted molar refractivity (Wildman–Crippen MR) is 139 cm³/mol. The van der Waals surface area contributed by atoms with E-state index in [1.807, 2.05) is 53.1 Å². The van der Waals surface area contributed by atoms with Crippen LogP contribution in [0.15, 0.2) is 65.6 Å². The van der Waals surface area contributed by atoms with E-state index in [1.165, 1.54) is 0 Å². The fraction of sp³-hybridized carbons (Fsp3) is 0.296. The summed E-state index contributed by atoms with van der Waals surface area (Å²) in [6.07, 6.45) is 5.16. The van der Waals surface area contributed by atoms with Gasteiger partial charge in [0.05, 0.1) is 33.0 Å². The van der Waals surface area contributed by atoms with E-state index in [-0.39, 0.29) is 17.6 Å². The van der Waals surface area contributed by atoms with Crippen molar-refractivity contribution in [3.63, 3.8) is 0 Å². The Morgan fingerprint density at radius 2 is 1.77 bits per heavy atom. The van der Waals surface area contributed by atoms with E-state index in [9.17, 15) is 9.59 Å². The number of pyridine rings is 1. The number of rotatable bonds is 5. The maximum atomic E-state index is 13.5. The molecule has 0 saturated heterocycles. The second-order valence-corrected chi connectivity index (χ2v) is 9.72. The summed E-state index contributed by atoms with van der Waals surface area (Å²) in [7, 11) is 0. The Morgan fingerprint density at radius 3 is 2.49 bits per heavy atom. The van der Waals surface area contributed by atoms with Gasteiger partial charge in [0.15, 0.2) is 0 Å². The molecule has 35 heavy (non-hydrogen) atoms. The molecule has 0 atom stereocenters. The van der Waals surface area contributed by atoms with E-state index in [0.29, 0.717) is 34.4 Å². The van der Waals surface area contributed by atoms with Crippen molar-refractivity contribution in [2.75, 3.05) is 5.73 Å². The number of halogens is 1. The number of nitrogens with zero attached hydrogens (tertiary/aromatic N) is 3. The lowest BCUT2D eigenvalue weighted by molar-refractivity contribution is 0.0919. The molecule has 1 amide bonds. The number of anilines is 1. The number of aromatic nitrogens is 3. The van der Waals surface area contributed by atoms with Crippen LogP contribution in [0.25, 0.3) is 16.7 Å². The first kappa shape index (κ1) is 23.2. The van der Waals surface area contributed by atoms with Gasteiger partial charge in [-0.25, -0.2) is 4.79 Å². The third-order valence-electron chi connectivity index (χ3n) is 6.91. The zero-order valence-corrected chi connectivity index (χ0v) is 20.3. The highest BCUT2D eigenvalue weighted by Gasteiger charge is 2.25. The van der Waals surface area contributed by atoms with Crippen LogP contribution in [0.5, 0.6) is 0 Å². The van der Waals surface area contributed by atoms with Gasteiger partial charge in [0.25, 0.3) is 5.91 Å². The highest BCUT2D eigenvalue weighted by molar-refractivity contribution is 6.30. The van der Waals surface area contributed by atoms with Crippen molar-refractivity contribution in [1.29, 1.82) is 0 Å². The largest absolute Gasteiger partial charge is 0.399 e. The predicted octanol–water partition coefficient (Wildman–Crippen LogP) is 4.72. The Labute approximate surface area is 208 Å². The number of fused-ring (bicyclic) bond motifs is 1. The maximum Gasteiger partial charge on any atom is 0.333 e. The minimum absolute atomic E-state index is 0.0460. The van der Waals surface area contributed by atoms with Gasteiger partial charge < -0.3 is 11.1 Å². The molecular weight excluding hydrogens is 462 g/mol. The first-order valence-corrected chi connectivity index (χ1v) is 12.3. The summed E-state index contributed by atoms with van der Waals surface area (Å²) in [6.45, 7) is 2.46. The standard InChI is InChI=1S/C27H28ClN5O2/c1-17-23(14-19(28)15-30-17)26(34)31-21-10-6-18(7-11-21)16-32-24-4-2-3-5-25(24)33(27(32)35)22-12-8-20(29)9-13-22/h2-5,8-9,12-15,18,21H,6-7,10-11,16,29H2,1H3,(H,31,34). The molecule has 2 aromatic carbocycles. The number of nitrogen functional groups attached to an aromatic ring is 1. The lowest BCUT2D eigenvalue weighted by atomic mass is 9.85. The molecule has 3 N–H and O–H groups in total. The van der Waals surface area contributed by atoms with Crippen LogP contribution in [0, 0.1) is 12.8 Å². The number of imidazole rings is 1. The number of benzene rings is 2. The van der Waals surface area contributed by atoms with Gasteiger partial charge in [0.1, 0.15) is 0 Å². The molecular formula is C27H28ClN5O2. The minimum Gasteiger partial charge on any atom is -0.399 e. The Balaban J connectivity index is 1.30. The van der Waals surface area contributed by atoms with Crippen LogP contribution in [-0.4, -0.2) is 26.1 Å². The van der Waals surface area contributed by atoms with Crippen LogP contribution in [-0.2, 0) is 6.54 Å². The fourth-order valence-corrected chi connectivity index (χ4v) is 5.16. The van der Waals surface area contributed by atoms with E-state index in [1.54, 1.807) is 23.8 Å². The SMILES string of the molecule is Cc1ncc(Cl)cc1C(=O)NC1CCC(Cn2c(=O)n(-c3ccc(N)cc3)c3ccccc32)CC1. The summed E-state index contributed by atoms with van der Waals surface area (Å²) in [5.41, 5.74) is 10.3. The second-order valence-electron chi connectivity index (χ2n) is 9.29. The molecule has 7 nitrogen and oxygen atoms in total. The average molecular weight is 490 g/mol. The monoisotopic (exact) mass is 489 g/mol. The minimum atomic E-state index is -0.135. The molecule has 180 valence electrons. The summed E-state index contributed by atoms with van der Waals surface area (Å²) in [4.78, 5) is 30.4. The third kappa shape index (κ3) is 4.68. The van der Waals surface area contributed by atoms with Crippen molar-refractivity contribution >= 4 is 34.2 Å². The number of hydrogen-bond acceptors (Lipinski definition) is 4. The van der Waals surface area contributed by atoms with Crippen LogP contribution in [0.3, 0.4) is 0 Å². The molecule has 0 radical (unpaired) electrons. The Bertz CT molecular complexity index is 1430. The number of carbonyl (C=O) groups is 1. The molecule has 2 heterocycles. The zero-order chi connectivity index (χ0) is 24.5. The van der Waals surface area contributed by atoms with Gasteiger partial charge in [0, 0.05) is 24.5 Å². The molecule has 4 aromatic rings. The molecule has 1 aliphatic rings. The maximum absolute atomic E-state index is 13.5. The van der Waals surface area contributed by atoms with E-state index in [0.717, 1.165) is 42.4 Å². The average Bonchev–Trinajstić information content (AvgIpc) is 3.13. The topological polar surface area (TPSA) is 94.9 Å². The Hall–Kier alpha value is -3.58. The molecule has 0 spiro atoms. The zero-order valence-electron chi connectivity index (χ0n) is 19.6. The Kier molecular flexibility index (Phi) is 6.34. The van der Waals surface area contributed by atoms with Gasteiger partial charge in [-0.15, -0.1) is 0 Å². The van der Waals surface area contributed by atoms with Gasteiger partial charge in [-0.1, -0.05) is 23.7 Å². The number of carbonyl (C=O) groups excluding carboxylic acids is 1. The Morgan fingerprint density at radius 1 is 1.09 bits per heavy atom. The van der Waals surface area contributed by atoms with Crippen molar-refractivity contribution in [3.05, 3.63) is 87.6 Å². The molecule has 1 saturated carbocycles.